The second-order valence-corrected chi connectivity index (χ2v) is 7.40. The Bertz CT molecular complexity index is 882. The third-order valence-corrected chi connectivity index (χ3v) is 5.32. The number of hydrogen-bond acceptors (Lipinski definition) is 6. The molecule has 0 radical (unpaired) electrons. The van der Waals surface area contributed by atoms with Crippen LogP contribution in [0.2, 0.25) is 0 Å². The third kappa shape index (κ3) is 6.20. The van der Waals surface area contributed by atoms with Crippen LogP contribution in [0.5, 0.6) is 17.2 Å². The predicted molar refractivity (Wildman–Crippen MR) is 127 cm³/mol. The number of ether oxygens (including phenoxy) is 3. The Labute approximate surface area is 190 Å². The number of hydrogen-bond donors (Lipinski definition) is 2. The Morgan fingerprint density at radius 1 is 1.03 bits per heavy atom. The number of methoxy groups -OCH3 is 2. The highest BCUT2D eigenvalue weighted by Gasteiger charge is 2.20. The van der Waals surface area contributed by atoms with Crippen molar-refractivity contribution in [2.45, 2.75) is 13.5 Å². The number of aliphatic hydroxyl groups is 1. The first-order valence-electron chi connectivity index (χ1n) is 11.0. The second-order valence-electron chi connectivity index (χ2n) is 7.40. The molecule has 2 N–H and O–H groups in total. The minimum absolute atomic E-state index is 0.0354. The maximum Gasteiger partial charge on any atom is 0.194 e. The third-order valence-electron chi connectivity index (χ3n) is 5.32. The number of aliphatic hydroxyl groups excluding tert-OH is 1. The van der Waals surface area contributed by atoms with Gasteiger partial charge in [0.15, 0.2) is 17.5 Å². The Morgan fingerprint density at radius 3 is 2.53 bits per heavy atom. The van der Waals surface area contributed by atoms with Crippen molar-refractivity contribution in [3.8, 4) is 17.2 Å². The molecule has 32 heavy (non-hydrogen) atoms. The summed E-state index contributed by atoms with van der Waals surface area (Å²) in [7, 11) is 3.31. The molecule has 2 aromatic rings. The number of aliphatic imine (C=N–C) groups is 1. The summed E-state index contributed by atoms with van der Waals surface area (Å²) < 4.78 is 16.3. The zero-order valence-corrected chi connectivity index (χ0v) is 19.2. The number of guanidine groups is 1. The molecule has 0 amide bonds. The van der Waals surface area contributed by atoms with Crippen LogP contribution in [0.25, 0.3) is 0 Å². The summed E-state index contributed by atoms with van der Waals surface area (Å²) >= 11 is 0. The van der Waals surface area contributed by atoms with Crippen LogP contribution >= 0.6 is 0 Å². The molecule has 2 aromatic carbocycles. The molecular weight excluding hydrogens is 408 g/mol. The lowest BCUT2D eigenvalue weighted by molar-refractivity contribution is 0.196. The van der Waals surface area contributed by atoms with Crippen LogP contribution in [0.15, 0.2) is 47.5 Å². The fourth-order valence-corrected chi connectivity index (χ4v) is 3.66. The van der Waals surface area contributed by atoms with Gasteiger partial charge in [-0.25, -0.2) is 4.99 Å². The van der Waals surface area contributed by atoms with E-state index in [1.165, 1.54) is 5.69 Å². The van der Waals surface area contributed by atoms with Crippen LogP contribution < -0.4 is 24.4 Å². The van der Waals surface area contributed by atoms with E-state index in [1.807, 2.05) is 30.3 Å². The first-order chi connectivity index (χ1) is 15.7. The summed E-state index contributed by atoms with van der Waals surface area (Å²) in [5.41, 5.74) is 2.21. The highest BCUT2D eigenvalue weighted by molar-refractivity contribution is 5.80. The van der Waals surface area contributed by atoms with Gasteiger partial charge in [-0.05, 0) is 36.8 Å². The van der Waals surface area contributed by atoms with Crippen LogP contribution in [-0.4, -0.2) is 76.1 Å². The SMILES string of the molecule is CCNC(=NCc1ccc(OCCO)c(OC)c1)N1CCN(c2cccc(OC)c2)CC1. The van der Waals surface area contributed by atoms with Gasteiger partial charge in [0.25, 0.3) is 0 Å². The molecule has 1 fully saturated rings. The van der Waals surface area contributed by atoms with E-state index in [2.05, 4.69) is 34.2 Å². The Morgan fingerprint density at radius 2 is 1.84 bits per heavy atom. The van der Waals surface area contributed by atoms with Crippen molar-refractivity contribution in [1.82, 2.24) is 10.2 Å². The number of anilines is 1. The lowest BCUT2D eigenvalue weighted by Crippen LogP contribution is -2.52. The van der Waals surface area contributed by atoms with Crippen molar-refractivity contribution >= 4 is 11.6 Å². The standard InChI is InChI=1S/C24H34N4O4/c1-4-25-24(26-18-19-8-9-22(32-15-14-29)23(16-19)31-3)28-12-10-27(11-13-28)20-6-5-7-21(17-20)30-2/h5-9,16-17,29H,4,10-15,18H2,1-3H3,(H,25,26). The molecule has 1 aliphatic rings. The van der Waals surface area contributed by atoms with Crippen molar-refractivity contribution in [2.24, 2.45) is 4.99 Å². The van der Waals surface area contributed by atoms with E-state index in [9.17, 15) is 0 Å². The Balaban J connectivity index is 1.64. The number of benzene rings is 2. The highest BCUT2D eigenvalue weighted by atomic mass is 16.5. The van der Waals surface area contributed by atoms with Crippen molar-refractivity contribution in [3.05, 3.63) is 48.0 Å². The monoisotopic (exact) mass is 442 g/mol. The van der Waals surface area contributed by atoms with Gasteiger partial charge in [-0.2, -0.15) is 0 Å². The van der Waals surface area contributed by atoms with Gasteiger partial charge in [0.05, 0.1) is 27.4 Å². The van der Waals surface area contributed by atoms with Crippen molar-refractivity contribution < 1.29 is 19.3 Å². The lowest BCUT2D eigenvalue weighted by atomic mass is 10.2. The Hall–Kier alpha value is -3.13. The fraction of sp³-hybridized carbons (Fsp3) is 0.458. The summed E-state index contributed by atoms with van der Waals surface area (Å²) in [6, 6.07) is 14.0. The minimum atomic E-state index is -0.0354. The number of nitrogens with zero attached hydrogens (tertiary/aromatic N) is 3. The summed E-state index contributed by atoms with van der Waals surface area (Å²) in [4.78, 5) is 9.53. The molecule has 0 aromatic heterocycles. The quantitative estimate of drug-likeness (QED) is 0.456. The summed E-state index contributed by atoms with van der Waals surface area (Å²) in [6.07, 6.45) is 0. The van der Waals surface area contributed by atoms with Gasteiger partial charge in [-0.3, -0.25) is 0 Å². The number of rotatable bonds is 9. The van der Waals surface area contributed by atoms with Gasteiger partial charge >= 0.3 is 0 Å². The average Bonchev–Trinajstić information content (AvgIpc) is 2.85. The van der Waals surface area contributed by atoms with Gasteiger partial charge in [0, 0.05) is 44.5 Å². The van der Waals surface area contributed by atoms with Crippen molar-refractivity contribution in [1.29, 1.82) is 0 Å². The van der Waals surface area contributed by atoms with Gasteiger partial charge in [-0.15, -0.1) is 0 Å². The van der Waals surface area contributed by atoms with E-state index in [0.29, 0.717) is 18.0 Å². The first kappa shape index (κ1) is 23.5. The molecule has 0 bridgehead atoms. The molecule has 174 valence electrons. The predicted octanol–water partition coefficient (Wildman–Crippen LogP) is 2.36. The van der Waals surface area contributed by atoms with Gasteiger partial charge in [0.1, 0.15) is 12.4 Å². The summed E-state index contributed by atoms with van der Waals surface area (Å²) in [6.45, 7) is 7.25. The van der Waals surface area contributed by atoms with E-state index in [-0.39, 0.29) is 13.2 Å². The molecule has 0 unspecified atom stereocenters. The van der Waals surface area contributed by atoms with Gasteiger partial charge < -0.3 is 34.4 Å². The smallest absolute Gasteiger partial charge is 0.194 e. The first-order valence-corrected chi connectivity index (χ1v) is 11.0. The van der Waals surface area contributed by atoms with Crippen LogP contribution in [0.3, 0.4) is 0 Å². The zero-order chi connectivity index (χ0) is 22.8. The average molecular weight is 443 g/mol. The number of nitrogens with one attached hydrogen (secondary N) is 1. The molecular formula is C24H34N4O4. The van der Waals surface area contributed by atoms with Crippen LogP contribution in [-0.2, 0) is 6.54 Å². The highest BCUT2D eigenvalue weighted by Crippen LogP contribution is 2.28. The van der Waals surface area contributed by atoms with Crippen molar-refractivity contribution in [3.63, 3.8) is 0 Å². The van der Waals surface area contributed by atoms with E-state index in [1.54, 1.807) is 14.2 Å². The lowest BCUT2D eigenvalue weighted by Gasteiger charge is -2.37. The topological polar surface area (TPSA) is 78.8 Å². The minimum Gasteiger partial charge on any atom is -0.497 e. The molecule has 1 heterocycles. The molecule has 0 aliphatic carbocycles. The molecule has 8 heteroatoms. The van der Waals surface area contributed by atoms with Crippen molar-refractivity contribution in [2.75, 3.05) is 65.1 Å². The zero-order valence-electron chi connectivity index (χ0n) is 19.2. The largest absolute Gasteiger partial charge is 0.497 e. The maximum absolute atomic E-state index is 8.97. The van der Waals surface area contributed by atoms with E-state index >= 15 is 0 Å². The molecule has 0 saturated carbocycles. The Kier molecular flexibility index (Phi) is 8.86. The normalized spacial score (nSPS) is 14.3. The molecule has 1 aliphatic heterocycles. The summed E-state index contributed by atoms with van der Waals surface area (Å²) in [5, 5.41) is 12.4. The molecule has 8 nitrogen and oxygen atoms in total. The van der Waals surface area contributed by atoms with Gasteiger partial charge in [-0.1, -0.05) is 12.1 Å². The molecule has 0 atom stereocenters. The maximum atomic E-state index is 8.97. The number of piperazine rings is 1. The van der Waals surface area contributed by atoms with Crippen LogP contribution in [0.1, 0.15) is 12.5 Å². The second kappa shape index (κ2) is 12.0. The fourth-order valence-electron chi connectivity index (χ4n) is 3.66. The summed E-state index contributed by atoms with van der Waals surface area (Å²) in [5.74, 6) is 3.05. The van der Waals surface area contributed by atoms with E-state index in [4.69, 9.17) is 24.3 Å². The van der Waals surface area contributed by atoms with E-state index in [0.717, 1.165) is 50.0 Å². The van der Waals surface area contributed by atoms with E-state index < -0.39 is 0 Å². The van der Waals surface area contributed by atoms with Crippen LogP contribution in [0.4, 0.5) is 5.69 Å². The van der Waals surface area contributed by atoms with Gasteiger partial charge in [0.2, 0.25) is 0 Å². The molecule has 0 spiro atoms. The molecule has 3 rings (SSSR count). The van der Waals surface area contributed by atoms with Crippen LogP contribution in [0, 0.1) is 0 Å². The molecule has 1 saturated heterocycles.